The molecule has 0 aliphatic heterocycles. The van der Waals surface area contributed by atoms with E-state index >= 15 is 0 Å². The average Bonchev–Trinajstić information content (AvgIpc) is 2.86. The van der Waals surface area contributed by atoms with Crippen molar-refractivity contribution in [2.45, 2.75) is 26.4 Å². The molecule has 0 bridgehead atoms. The maximum atomic E-state index is 10.5. The second kappa shape index (κ2) is 5.46. The normalized spacial score (nSPS) is 12.4. The van der Waals surface area contributed by atoms with E-state index in [4.69, 9.17) is 4.74 Å². The highest BCUT2D eigenvalue weighted by Gasteiger charge is 2.21. The standard InChI is InChI=1S/C13H16N2O2S/c1-4-10-13(18-15-14-10)12(16)9-7-8(2)5-6-11(9)17-3/h5-7,12,16H,4H2,1-3H3. The number of methoxy groups -OCH3 is 1. The molecule has 1 aromatic heterocycles. The van der Waals surface area contributed by atoms with Gasteiger partial charge >= 0.3 is 0 Å². The number of hydrogen-bond acceptors (Lipinski definition) is 5. The van der Waals surface area contributed by atoms with Crippen LogP contribution in [0.2, 0.25) is 0 Å². The van der Waals surface area contributed by atoms with Crippen molar-refractivity contribution >= 4 is 11.5 Å². The average molecular weight is 264 g/mol. The first-order chi connectivity index (χ1) is 8.67. The lowest BCUT2D eigenvalue weighted by Crippen LogP contribution is -2.03. The van der Waals surface area contributed by atoms with E-state index in [0.717, 1.165) is 28.1 Å². The highest BCUT2D eigenvalue weighted by Crippen LogP contribution is 2.33. The minimum absolute atomic E-state index is 0.684. The van der Waals surface area contributed by atoms with Gasteiger partial charge in [0.2, 0.25) is 0 Å². The van der Waals surface area contributed by atoms with E-state index in [1.165, 1.54) is 11.5 Å². The number of benzene rings is 1. The van der Waals surface area contributed by atoms with Crippen molar-refractivity contribution in [2.75, 3.05) is 7.11 Å². The van der Waals surface area contributed by atoms with Crippen molar-refractivity contribution in [3.63, 3.8) is 0 Å². The number of nitrogens with zero attached hydrogens (tertiary/aromatic N) is 2. The Hall–Kier alpha value is -1.46. The molecule has 0 saturated carbocycles. The summed E-state index contributed by atoms with van der Waals surface area (Å²) in [5, 5.41) is 14.5. The summed E-state index contributed by atoms with van der Waals surface area (Å²) >= 11 is 1.24. The summed E-state index contributed by atoms with van der Waals surface area (Å²) in [6.07, 6.45) is 0.0339. The molecule has 1 atom stereocenters. The van der Waals surface area contributed by atoms with Gasteiger partial charge in [0.1, 0.15) is 11.9 Å². The Labute approximate surface area is 110 Å². The Kier molecular flexibility index (Phi) is 3.93. The van der Waals surface area contributed by atoms with Gasteiger partial charge in [0.25, 0.3) is 0 Å². The highest BCUT2D eigenvalue weighted by atomic mass is 32.1. The molecule has 1 unspecified atom stereocenters. The zero-order valence-electron chi connectivity index (χ0n) is 10.7. The van der Waals surface area contributed by atoms with Crippen molar-refractivity contribution in [2.24, 2.45) is 0 Å². The molecule has 0 aliphatic carbocycles. The zero-order chi connectivity index (χ0) is 13.1. The smallest absolute Gasteiger partial charge is 0.125 e. The minimum atomic E-state index is -0.727. The lowest BCUT2D eigenvalue weighted by atomic mass is 10.0. The molecule has 18 heavy (non-hydrogen) atoms. The predicted octanol–water partition coefficient (Wildman–Crippen LogP) is 2.50. The SMILES string of the molecule is CCc1nnsc1C(O)c1cc(C)ccc1OC. The number of rotatable bonds is 4. The summed E-state index contributed by atoms with van der Waals surface area (Å²) in [5.74, 6) is 0.684. The summed E-state index contributed by atoms with van der Waals surface area (Å²) in [5.41, 5.74) is 2.69. The molecule has 0 spiro atoms. The van der Waals surface area contributed by atoms with E-state index in [9.17, 15) is 5.11 Å². The van der Waals surface area contributed by atoms with Gasteiger partial charge in [0.15, 0.2) is 0 Å². The molecule has 2 aromatic rings. The Morgan fingerprint density at radius 2 is 2.22 bits per heavy atom. The fourth-order valence-corrected chi connectivity index (χ4v) is 2.62. The number of aromatic nitrogens is 2. The van der Waals surface area contributed by atoms with Gasteiger partial charge in [-0.1, -0.05) is 23.0 Å². The fraction of sp³-hybridized carbons (Fsp3) is 0.385. The predicted molar refractivity (Wildman–Crippen MR) is 71.1 cm³/mol. The fourth-order valence-electron chi connectivity index (χ4n) is 1.88. The van der Waals surface area contributed by atoms with Gasteiger partial charge in [-0.15, -0.1) is 5.10 Å². The molecule has 1 heterocycles. The maximum absolute atomic E-state index is 10.5. The first-order valence-electron chi connectivity index (χ1n) is 5.81. The quantitative estimate of drug-likeness (QED) is 0.921. The van der Waals surface area contributed by atoms with Crippen LogP contribution in [-0.4, -0.2) is 21.8 Å². The van der Waals surface area contributed by atoms with Crippen LogP contribution >= 0.6 is 11.5 Å². The van der Waals surface area contributed by atoms with Crippen LogP contribution in [0.3, 0.4) is 0 Å². The molecular weight excluding hydrogens is 248 g/mol. The summed E-state index contributed by atoms with van der Waals surface area (Å²) in [4.78, 5) is 0.793. The van der Waals surface area contributed by atoms with E-state index in [-0.39, 0.29) is 0 Å². The van der Waals surface area contributed by atoms with E-state index in [0.29, 0.717) is 5.75 Å². The van der Waals surface area contributed by atoms with Crippen molar-refractivity contribution in [3.05, 3.63) is 39.9 Å². The van der Waals surface area contributed by atoms with E-state index in [2.05, 4.69) is 9.59 Å². The van der Waals surface area contributed by atoms with Crippen LogP contribution in [0.4, 0.5) is 0 Å². The summed E-state index contributed by atoms with van der Waals surface area (Å²) in [7, 11) is 1.60. The van der Waals surface area contributed by atoms with Crippen LogP contribution < -0.4 is 4.74 Å². The number of aryl methyl sites for hydroxylation is 2. The molecule has 0 fully saturated rings. The molecule has 4 nitrogen and oxygen atoms in total. The molecule has 0 aliphatic rings. The number of aliphatic hydroxyl groups excluding tert-OH is 1. The summed E-state index contributed by atoms with van der Waals surface area (Å²) < 4.78 is 9.21. The van der Waals surface area contributed by atoms with Gasteiger partial charge in [0, 0.05) is 5.56 Å². The zero-order valence-corrected chi connectivity index (χ0v) is 11.5. The van der Waals surface area contributed by atoms with Crippen LogP contribution in [0.25, 0.3) is 0 Å². The Bertz CT molecular complexity index is 540. The number of hydrogen-bond donors (Lipinski definition) is 1. The summed E-state index contributed by atoms with van der Waals surface area (Å²) in [6.45, 7) is 3.99. The second-order valence-corrected chi connectivity index (χ2v) is 4.87. The van der Waals surface area contributed by atoms with Crippen molar-refractivity contribution in [3.8, 4) is 5.75 Å². The molecular formula is C13H16N2O2S. The number of ether oxygens (including phenoxy) is 1. The Morgan fingerprint density at radius 3 is 2.89 bits per heavy atom. The van der Waals surface area contributed by atoms with Gasteiger partial charge in [0.05, 0.1) is 17.7 Å². The lowest BCUT2D eigenvalue weighted by Gasteiger charge is -2.14. The van der Waals surface area contributed by atoms with Crippen LogP contribution in [0.5, 0.6) is 5.75 Å². The molecule has 0 amide bonds. The molecule has 0 radical (unpaired) electrons. The van der Waals surface area contributed by atoms with Gasteiger partial charge in [-0.2, -0.15) is 0 Å². The van der Waals surface area contributed by atoms with Crippen molar-refractivity contribution < 1.29 is 9.84 Å². The van der Waals surface area contributed by atoms with Gasteiger partial charge in [-0.3, -0.25) is 0 Å². The van der Waals surface area contributed by atoms with Crippen molar-refractivity contribution in [1.29, 1.82) is 0 Å². The number of aliphatic hydroxyl groups is 1. The maximum Gasteiger partial charge on any atom is 0.125 e. The third kappa shape index (κ3) is 2.37. The highest BCUT2D eigenvalue weighted by molar-refractivity contribution is 7.05. The Morgan fingerprint density at radius 1 is 1.44 bits per heavy atom. The van der Waals surface area contributed by atoms with E-state index in [1.54, 1.807) is 7.11 Å². The van der Waals surface area contributed by atoms with Gasteiger partial charge < -0.3 is 9.84 Å². The van der Waals surface area contributed by atoms with Gasteiger partial charge in [-0.05, 0) is 37.0 Å². The van der Waals surface area contributed by atoms with Crippen LogP contribution in [0, 0.1) is 6.92 Å². The topological polar surface area (TPSA) is 55.2 Å². The first kappa shape index (κ1) is 13.0. The Balaban J connectivity index is 2.45. The molecule has 5 heteroatoms. The third-order valence-electron chi connectivity index (χ3n) is 2.85. The summed E-state index contributed by atoms with van der Waals surface area (Å²) in [6, 6.07) is 5.76. The van der Waals surface area contributed by atoms with Crippen LogP contribution in [-0.2, 0) is 6.42 Å². The largest absolute Gasteiger partial charge is 0.496 e. The van der Waals surface area contributed by atoms with E-state index in [1.807, 2.05) is 32.0 Å². The first-order valence-corrected chi connectivity index (χ1v) is 6.58. The molecule has 0 saturated heterocycles. The lowest BCUT2D eigenvalue weighted by molar-refractivity contribution is 0.217. The van der Waals surface area contributed by atoms with E-state index < -0.39 is 6.10 Å². The van der Waals surface area contributed by atoms with Crippen molar-refractivity contribution in [1.82, 2.24) is 9.59 Å². The second-order valence-electron chi connectivity index (χ2n) is 4.09. The molecule has 1 aromatic carbocycles. The molecule has 1 N–H and O–H groups in total. The van der Waals surface area contributed by atoms with Gasteiger partial charge in [-0.25, -0.2) is 0 Å². The van der Waals surface area contributed by atoms with Crippen LogP contribution in [0.1, 0.15) is 34.7 Å². The third-order valence-corrected chi connectivity index (χ3v) is 3.67. The monoisotopic (exact) mass is 264 g/mol. The molecule has 96 valence electrons. The van der Waals surface area contributed by atoms with Crippen LogP contribution in [0.15, 0.2) is 18.2 Å². The minimum Gasteiger partial charge on any atom is -0.496 e. The molecule has 2 rings (SSSR count).